The number of rotatable bonds is 3. The summed E-state index contributed by atoms with van der Waals surface area (Å²) in [5, 5.41) is 0.554. The van der Waals surface area contributed by atoms with E-state index in [9.17, 15) is 8.42 Å². The fraction of sp³-hybridized carbons (Fsp3) is 0.412. The monoisotopic (exact) mass is 380 g/mol. The zero-order valence-corrected chi connectivity index (χ0v) is 16.1. The van der Waals surface area contributed by atoms with Gasteiger partial charge in [0, 0.05) is 44.1 Å². The maximum atomic E-state index is 11.6. The molecule has 6 nitrogen and oxygen atoms in total. The second-order valence-corrected chi connectivity index (χ2v) is 8.74. The van der Waals surface area contributed by atoms with Gasteiger partial charge in [0.05, 0.1) is 17.0 Å². The minimum Gasteiger partial charge on any atom is -0.354 e. The van der Waals surface area contributed by atoms with Gasteiger partial charge in [0.25, 0.3) is 0 Å². The fourth-order valence-corrected chi connectivity index (χ4v) is 4.05. The van der Waals surface area contributed by atoms with Crippen LogP contribution in [0.3, 0.4) is 0 Å². The van der Waals surface area contributed by atoms with Crippen LogP contribution >= 0.6 is 11.6 Å². The average molecular weight is 381 g/mol. The number of sulfonamides is 1. The van der Waals surface area contributed by atoms with Crippen LogP contribution in [0.25, 0.3) is 11.3 Å². The molecule has 0 radical (unpaired) electrons. The predicted molar refractivity (Wildman–Crippen MR) is 101 cm³/mol. The van der Waals surface area contributed by atoms with Crippen LogP contribution in [0.15, 0.2) is 24.5 Å². The molecular weight excluding hydrogens is 360 g/mol. The summed E-state index contributed by atoms with van der Waals surface area (Å²) in [7, 11) is -3.14. The van der Waals surface area contributed by atoms with Crippen molar-refractivity contribution in [1.82, 2.24) is 14.3 Å². The molecule has 0 atom stereocenters. The summed E-state index contributed by atoms with van der Waals surface area (Å²) in [5.74, 6) is 0.786. The van der Waals surface area contributed by atoms with Crippen LogP contribution in [0.5, 0.6) is 0 Å². The third-order valence-electron chi connectivity index (χ3n) is 4.34. The van der Waals surface area contributed by atoms with Crippen molar-refractivity contribution in [3.05, 3.63) is 40.7 Å². The van der Waals surface area contributed by atoms with Gasteiger partial charge in [0.1, 0.15) is 5.82 Å². The van der Waals surface area contributed by atoms with Crippen molar-refractivity contribution in [2.24, 2.45) is 0 Å². The van der Waals surface area contributed by atoms with Crippen LogP contribution in [0.4, 0.5) is 5.82 Å². The topological polar surface area (TPSA) is 66.4 Å². The molecule has 0 aromatic carbocycles. The summed E-state index contributed by atoms with van der Waals surface area (Å²) < 4.78 is 24.8. The smallest absolute Gasteiger partial charge is 0.211 e. The molecule has 2 aromatic rings. The zero-order valence-electron chi connectivity index (χ0n) is 14.5. The summed E-state index contributed by atoms with van der Waals surface area (Å²) >= 11 is 6.36. The average Bonchev–Trinajstić information content (AvgIpc) is 2.55. The van der Waals surface area contributed by atoms with E-state index in [1.165, 1.54) is 10.6 Å². The summed E-state index contributed by atoms with van der Waals surface area (Å²) in [5.41, 5.74) is 3.84. The highest BCUT2D eigenvalue weighted by molar-refractivity contribution is 7.88. The highest BCUT2D eigenvalue weighted by atomic mass is 35.5. The van der Waals surface area contributed by atoms with Crippen molar-refractivity contribution >= 4 is 27.4 Å². The van der Waals surface area contributed by atoms with Gasteiger partial charge < -0.3 is 4.90 Å². The van der Waals surface area contributed by atoms with E-state index in [2.05, 4.69) is 20.9 Å². The highest BCUT2D eigenvalue weighted by Gasteiger charge is 2.24. The molecule has 1 fully saturated rings. The number of anilines is 1. The maximum Gasteiger partial charge on any atom is 0.211 e. The largest absolute Gasteiger partial charge is 0.354 e. The van der Waals surface area contributed by atoms with Crippen LogP contribution in [0.2, 0.25) is 5.02 Å². The first-order valence-electron chi connectivity index (χ1n) is 8.05. The molecule has 0 spiro atoms. The number of hydrogen-bond donors (Lipinski definition) is 0. The van der Waals surface area contributed by atoms with Crippen molar-refractivity contribution in [3.63, 3.8) is 0 Å². The van der Waals surface area contributed by atoms with Gasteiger partial charge in [-0.2, -0.15) is 4.31 Å². The van der Waals surface area contributed by atoms with Gasteiger partial charge in [-0.25, -0.2) is 13.4 Å². The number of nitrogens with zero attached hydrogens (tertiary/aromatic N) is 4. The lowest BCUT2D eigenvalue weighted by Gasteiger charge is -2.34. The summed E-state index contributed by atoms with van der Waals surface area (Å²) in [4.78, 5) is 11.0. The van der Waals surface area contributed by atoms with Crippen molar-refractivity contribution in [2.45, 2.75) is 13.8 Å². The van der Waals surface area contributed by atoms with E-state index < -0.39 is 10.0 Å². The Bertz CT molecular complexity index is 894. The second kappa shape index (κ2) is 6.90. The van der Waals surface area contributed by atoms with E-state index in [0.717, 1.165) is 28.2 Å². The number of hydrogen-bond acceptors (Lipinski definition) is 5. The Morgan fingerprint density at radius 2 is 1.72 bits per heavy atom. The standard InChI is InChI=1S/C17H21ClN4O2S/c1-12-8-13(2)17(20-10-12)14-9-16(19-11-15(14)18)21-4-6-22(7-5-21)25(3,23)24/h8-11H,4-7H2,1-3H3. The maximum absolute atomic E-state index is 11.6. The van der Waals surface area contributed by atoms with Crippen molar-refractivity contribution in [3.8, 4) is 11.3 Å². The number of aromatic nitrogens is 2. The number of halogens is 1. The first kappa shape index (κ1) is 18.1. The van der Waals surface area contributed by atoms with Gasteiger partial charge in [0.2, 0.25) is 10.0 Å². The predicted octanol–water partition coefficient (Wildman–Crippen LogP) is 2.50. The quantitative estimate of drug-likeness (QED) is 0.818. The lowest BCUT2D eigenvalue weighted by molar-refractivity contribution is 0.387. The molecule has 3 heterocycles. The molecule has 0 aliphatic carbocycles. The second-order valence-electron chi connectivity index (χ2n) is 6.35. The van der Waals surface area contributed by atoms with Crippen molar-refractivity contribution < 1.29 is 8.42 Å². The van der Waals surface area contributed by atoms with E-state index in [1.807, 2.05) is 26.1 Å². The molecule has 25 heavy (non-hydrogen) atoms. The molecule has 0 amide bonds. The molecule has 0 unspecified atom stereocenters. The Labute approximate surface area is 153 Å². The Morgan fingerprint density at radius 1 is 1.04 bits per heavy atom. The van der Waals surface area contributed by atoms with Crippen LogP contribution in [-0.4, -0.2) is 55.1 Å². The van der Waals surface area contributed by atoms with Crippen molar-refractivity contribution in [2.75, 3.05) is 37.3 Å². The minimum absolute atomic E-state index is 0.459. The molecule has 0 N–H and O–H groups in total. The van der Waals surface area contributed by atoms with Gasteiger partial charge in [-0.3, -0.25) is 4.98 Å². The van der Waals surface area contributed by atoms with Crippen LogP contribution in [0.1, 0.15) is 11.1 Å². The van der Waals surface area contributed by atoms with Gasteiger partial charge in [0.15, 0.2) is 0 Å². The summed E-state index contributed by atoms with van der Waals surface area (Å²) in [6, 6.07) is 4.01. The number of piperazine rings is 1. The van der Waals surface area contributed by atoms with Gasteiger partial charge in [-0.15, -0.1) is 0 Å². The molecule has 134 valence electrons. The molecule has 8 heteroatoms. The van der Waals surface area contributed by atoms with E-state index in [0.29, 0.717) is 31.2 Å². The Hall–Kier alpha value is -1.70. The first-order valence-corrected chi connectivity index (χ1v) is 10.3. The van der Waals surface area contributed by atoms with Crippen molar-refractivity contribution in [1.29, 1.82) is 0 Å². The fourth-order valence-electron chi connectivity index (χ4n) is 3.03. The Morgan fingerprint density at radius 3 is 2.32 bits per heavy atom. The van der Waals surface area contributed by atoms with E-state index >= 15 is 0 Å². The molecule has 3 rings (SSSR count). The molecule has 1 aliphatic heterocycles. The highest BCUT2D eigenvalue weighted by Crippen LogP contribution is 2.31. The number of pyridine rings is 2. The van der Waals surface area contributed by atoms with E-state index in [-0.39, 0.29) is 0 Å². The van der Waals surface area contributed by atoms with E-state index in [4.69, 9.17) is 11.6 Å². The van der Waals surface area contributed by atoms with Gasteiger partial charge >= 0.3 is 0 Å². The van der Waals surface area contributed by atoms with E-state index in [1.54, 1.807) is 6.20 Å². The van der Waals surface area contributed by atoms with Gasteiger partial charge in [-0.1, -0.05) is 17.7 Å². The summed E-state index contributed by atoms with van der Waals surface area (Å²) in [6.45, 7) is 6.13. The lowest BCUT2D eigenvalue weighted by Crippen LogP contribution is -2.48. The third kappa shape index (κ3) is 3.94. The molecular formula is C17H21ClN4O2S. The molecule has 1 aliphatic rings. The number of aryl methyl sites for hydroxylation is 2. The third-order valence-corrected chi connectivity index (χ3v) is 5.95. The van der Waals surface area contributed by atoms with Crippen LogP contribution < -0.4 is 4.90 Å². The zero-order chi connectivity index (χ0) is 18.2. The molecule has 0 saturated carbocycles. The molecule has 0 bridgehead atoms. The lowest BCUT2D eigenvalue weighted by atomic mass is 10.1. The first-order chi connectivity index (χ1) is 11.8. The SMILES string of the molecule is Cc1cnc(-c2cc(N3CCN(S(C)(=O)=O)CC3)ncc2Cl)c(C)c1. The normalized spacial score (nSPS) is 16.2. The molecule has 1 saturated heterocycles. The molecule has 2 aromatic heterocycles. The van der Waals surface area contributed by atoms with Gasteiger partial charge in [-0.05, 0) is 31.0 Å². The minimum atomic E-state index is -3.14. The van der Waals surface area contributed by atoms with Crippen LogP contribution in [-0.2, 0) is 10.0 Å². The Kier molecular flexibility index (Phi) is 4.99. The Balaban J connectivity index is 1.88. The van der Waals surface area contributed by atoms with Crippen LogP contribution in [0, 0.1) is 13.8 Å². The summed E-state index contributed by atoms with van der Waals surface area (Å²) in [6.07, 6.45) is 4.70.